The second-order valence-corrected chi connectivity index (χ2v) is 8.31. The maximum absolute atomic E-state index is 12.9. The number of likely N-dealkylation sites (N-methyl/N-ethyl adjacent to an activating group) is 1. The number of amides is 2. The molecule has 30 heavy (non-hydrogen) atoms. The largest absolute Gasteiger partial charge is 0.497 e. The number of rotatable bonds is 9. The molecule has 2 N–H and O–H groups in total. The number of ether oxygens (including phenoxy) is 2. The molecule has 0 heterocycles. The summed E-state index contributed by atoms with van der Waals surface area (Å²) in [6.45, 7) is 1.83. The maximum atomic E-state index is 12.9. The van der Waals surface area contributed by atoms with Gasteiger partial charge in [-0.1, -0.05) is 0 Å². The number of nitrogens with one attached hydrogen (secondary N) is 2. The molecule has 0 radical (unpaired) electrons. The van der Waals surface area contributed by atoms with Gasteiger partial charge in [0.2, 0.25) is 15.9 Å². The number of hydrogen-bond donors (Lipinski definition) is 2. The monoisotopic (exact) mass is 435 g/mol. The first kappa shape index (κ1) is 23.0. The lowest BCUT2D eigenvalue weighted by Crippen LogP contribution is -2.31. The first-order valence-electron chi connectivity index (χ1n) is 9.01. The van der Waals surface area contributed by atoms with Crippen LogP contribution in [-0.2, 0) is 14.8 Å². The van der Waals surface area contributed by atoms with Gasteiger partial charge in [-0.05, 0) is 42.5 Å². The van der Waals surface area contributed by atoms with Crippen molar-refractivity contribution >= 4 is 33.2 Å². The van der Waals surface area contributed by atoms with E-state index in [9.17, 15) is 18.0 Å². The van der Waals surface area contributed by atoms with Gasteiger partial charge in [0.1, 0.15) is 18.1 Å². The number of methoxy groups -OCH3 is 1. The molecular formula is C20H25N3O6S. The zero-order chi connectivity index (χ0) is 22.3. The van der Waals surface area contributed by atoms with Gasteiger partial charge in [0, 0.05) is 19.7 Å². The second kappa shape index (κ2) is 9.97. The van der Waals surface area contributed by atoms with Gasteiger partial charge in [0.05, 0.1) is 31.2 Å². The quantitative estimate of drug-likeness (QED) is 0.624. The van der Waals surface area contributed by atoms with Crippen LogP contribution >= 0.6 is 0 Å². The summed E-state index contributed by atoms with van der Waals surface area (Å²) in [6, 6.07) is 11.4. The molecule has 0 fully saturated rings. The van der Waals surface area contributed by atoms with Crippen molar-refractivity contribution in [3.63, 3.8) is 0 Å². The molecule has 162 valence electrons. The smallest absolute Gasteiger partial charge is 0.255 e. The van der Waals surface area contributed by atoms with Crippen molar-refractivity contribution in [1.29, 1.82) is 0 Å². The number of carbonyl (C=O) groups excluding carboxylic acids is 2. The first-order chi connectivity index (χ1) is 14.1. The Morgan fingerprint density at radius 2 is 1.70 bits per heavy atom. The molecule has 9 nitrogen and oxygen atoms in total. The summed E-state index contributed by atoms with van der Waals surface area (Å²) in [5.74, 6) is 0.605. The fourth-order valence-corrected chi connectivity index (χ4v) is 3.15. The van der Waals surface area contributed by atoms with Crippen LogP contribution in [0.25, 0.3) is 0 Å². The van der Waals surface area contributed by atoms with Gasteiger partial charge in [0.25, 0.3) is 5.91 Å². The molecule has 0 atom stereocenters. The molecule has 0 saturated carbocycles. The Balaban J connectivity index is 2.12. The van der Waals surface area contributed by atoms with Crippen molar-refractivity contribution in [2.75, 3.05) is 43.6 Å². The minimum Gasteiger partial charge on any atom is -0.497 e. The maximum Gasteiger partial charge on any atom is 0.255 e. The Labute approximate surface area is 176 Å². The normalized spacial score (nSPS) is 10.8. The van der Waals surface area contributed by atoms with Crippen molar-refractivity contribution in [1.82, 2.24) is 4.90 Å². The van der Waals surface area contributed by atoms with Crippen molar-refractivity contribution in [2.45, 2.75) is 6.92 Å². The molecule has 0 aromatic heterocycles. The fourth-order valence-electron chi connectivity index (χ4n) is 2.57. The van der Waals surface area contributed by atoms with Crippen LogP contribution in [0.3, 0.4) is 0 Å². The standard InChI is InChI=1S/C20H25N3O6S/c1-14(24)21-15-5-10-19(22-30(4,26)27)18(13-15)20(25)23(2)11-12-29-17-8-6-16(28-3)7-9-17/h5-10,13,22H,11-12H2,1-4H3,(H,21,24). The lowest BCUT2D eigenvalue weighted by Gasteiger charge is -2.20. The Bertz CT molecular complexity index is 1010. The summed E-state index contributed by atoms with van der Waals surface area (Å²) in [7, 11) is -0.445. The zero-order valence-corrected chi connectivity index (χ0v) is 18.1. The van der Waals surface area contributed by atoms with Crippen LogP contribution in [0.15, 0.2) is 42.5 Å². The van der Waals surface area contributed by atoms with Crippen molar-refractivity contribution in [2.24, 2.45) is 0 Å². The predicted octanol–water partition coefficient (Wildman–Crippen LogP) is 2.18. The van der Waals surface area contributed by atoms with Gasteiger partial charge >= 0.3 is 0 Å². The van der Waals surface area contributed by atoms with Crippen LogP contribution in [0, 0.1) is 0 Å². The van der Waals surface area contributed by atoms with Crippen LogP contribution in [0.2, 0.25) is 0 Å². The molecule has 2 aromatic rings. The van der Waals surface area contributed by atoms with E-state index in [1.807, 2.05) is 0 Å². The number of benzene rings is 2. The lowest BCUT2D eigenvalue weighted by molar-refractivity contribution is -0.114. The molecule has 10 heteroatoms. The average molecular weight is 436 g/mol. The van der Waals surface area contributed by atoms with Crippen molar-refractivity contribution in [3.8, 4) is 11.5 Å². The Kier molecular flexibility index (Phi) is 7.65. The van der Waals surface area contributed by atoms with Crippen LogP contribution in [-0.4, -0.2) is 58.7 Å². The van der Waals surface area contributed by atoms with Gasteiger partial charge in [-0.15, -0.1) is 0 Å². The van der Waals surface area contributed by atoms with E-state index >= 15 is 0 Å². The summed E-state index contributed by atoms with van der Waals surface area (Å²) in [6.07, 6.45) is 0.995. The van der Waals surface area contributed by atoms with Gasteiger partial charge in [0.15, 0.2) is 0 Å². The molecule has 0 aliphatic heterocycles. The Morgan fingerprint density at radius 1 is 1.07 bits per heavy atom. The zero-order valence-electron chi connectivity index (χ0n) is 17.3. The molecule has 2 aromatic carbocycles. The molecule has 0 unspecified atom stereocenters. The van der Waals surface area contributed by atoms with E-state index in [-0.39, 0.29) is 30.3 Å². The van der Waals surface area contributed by atoms with Crippen molar-refractivity contribution in [3.05, 3.63) is 48.0 Å². The third-order valence-electron chi connectivity index (χ3n) is 3.97. The average Bonchev–Trinajstić information content (AvgIpc) is 2.67. The van der Waals surface area contributed by atoms with Crippen LogP contribution in [0.5, 0.6) is 11.5 Å². The summed E-state index contributed by atoms with van der Waals surface area (Å²) in [5, 5.41) is 2.58. The minimum absolute atomic E-state index is 0.110. The summed E-state index contributed by atoms with van der Waals surface area (Å²) >= 11 is 0. The van der Waals surface area contributed by atoms with Gasteiger partial charge in [-0.25, -0.2) is 8.42 Å². The number of anilines is 2. The van der Waals surface area contributed by atoms with Crippen LogP contribution in [0.1, 0.15) is 17.3 Å². The predicted molar refractivity (Wildman–Crippen MR) is 115 cm³/mol. The van der Waals surface area contributed by atoms with E-state index in [4.69, 9.17) is 9.47 Å². The third kappa shape index (κ3) is 6.96. The van der Waals surface area contributed by atoms with E-state index in [1.165, 1.54) is 30.0 Å². The van der Waals surface area contributed by atoms with E-state index in [0.29, 0.717) is 17.2 Å². The molecular weight excluding hydrogens is 410 g/mol. The number of nitrogens with zero attached hydrogens (tertiary/aromatic N) is 1. The Hall–Kier alpha value is -3.27. The fraction of sp³-hybridized carbons (Fsp3) is 0.300. The molecule has 0 spiro atoms. The topological polar surface area (TPSA) is 114 Å². The van der Waals surface area contributed by atoms with E-state index in [2.05, 4.69) is 10.0 Å². The van der Waals surface area contributed by atoms with E-state index < -0.39 is 15.9 Å². The molecule has 0 bridgehead atoms. The lowest BCUT2D eigenvalue weighted by atomic mass is 10.1. The third-order valence-corrected chi connectivity index (χ3v) is 4.56. The molecule has 0 aliphatic rings. The first-order valence-corrected chi connectivity index (χ1v) is 10.9. The van der Waals surface area contributed by atoms with Crippen LogP contribution < -0.4 is 19.5 Å². The number of carbonyl (C=O) groups is 2. The van der Waals surface area contributed by atoms with Gasteiger partial charge in [-0.3, -0.25) is 14.3 Å². The highest BCUT2D eigenvalue weighted by Crippen LogP contribution is 2.23. The van der Waals surface area contributed by atoms with Crippen molar-refractivity contribution < 1.29 is 27.5 Å². The van der Waals surface area contributed by atoms with E-state index in [1.54, 1.807) is 38.4 Å². The van der Waals surface area contributed by atoms with Crippen LogP contribution in [0.4, 0.5) is 11.4 Å². The highest BCUT2D eigenvalue weighted by atomic mass is 32.2. The summed E-state index contributed by atoms with van der Waals surface area (Å²) < 4.78 is 36.3. The van der Waals surface area contributed by atoms with Gasteiger partial charge < -0.3 is 19.7 Å². The molecule has 0 aliphatic carbocycles. The molecule has 0 saturated heterocycles. The SMILES string of the molecule is COc1ccc(OCCN(C)C(=O)c2cc(NC(C)=O)ccc2NS(C)(=O)=O)cc1. The number of hydrogen-bond acceptors (Lipinski definition) is 6. The summed E-state index contributed by atoms with van der Waals surface area (Å²) in [5.41, 5.74) is 0.617. The molecule has 2 amide bonds. The highest BCUT2D eigenvalue weighted by molar-refractivity contribution is 7.92. The highest BCUT2D eigenvalue weighted by Gasteiger charge is 2.19. The molecule has 2 rings (SSSR count). The van der Waals surface area contributed by atoms with E-state index in [0.717, 1.165) is 6.26 Å². The minimum atomic E-state index is -3.60. The number of sulfonamides is 1. The second-order valence-electron chi connectivity index (χ2n) is 6.57. The van der Waals surface area contributed by atoms with Gasteiger partial charge in [-0.2, -0.15) is 0 Å². The summed E-state index contributed by atoms with van der Waals surface area (Å²) in [4.78, 5) is 25.6. The Morgan fingerprint density at radius 3 is 2.27 bits per heavy atom.